The molecule has 2 nitrogen and oxygen atoms in total. The molecule has 0 radical (unpaired) electrons. The molecule has 0 fully saturated rings. The third-order valence-corrected chi connectivity index (χ3v) is 6.06. The molecule has 0 atom stereocenters. The highest BCUT2D eigenvalue weighted by Gasteiger charge is 2.07. The number of rotatable bonds is 22. The van der Waals surface area contributed by atoms with Gasteiger partial charge in [0.15, 0.2) is 0 Å². The number of unbranched alkanes of at least 4 members (excludes halogenated alkanes) is 19. The summed E-state index contributed by atoms with van der Waals surface area (Å²) < 4.78 is 0. The van der Waals surface area contributed by atoms with Gasteiger partial charge in [0, 0.05) is 19.2 Å². The number of carbonyl (C=O) groups excluding carboxylic acids is 1. The van der Waals surface area contributed by atoms with E-state index in [2.05, 4.69) is 13.5 Å². The third-order valence-electron chi connectivity index (χ3n) is 6.06. The van der Waals surface area contributed by atoms with Crippen LogP contribution in [0.3, 0.4) is 0 Å². The molecule has 0 spiro atoms. The largest absolute Gasteiger partial charge is 0.342 e. The first kappa shape index (κ1) is 28.2. The average Bonchev–Trinajstić information content (AvgIpc) is 2.71. The second-order valence-corrected chi connectivity index (χ2v) is 9.22. The number of carbonyl (C=O) groups is 1. The molecule has 0 N–H and O–H groups in total. The molecule has 0 aromatic rings. The zero-order valence-electron chi connectivity index (χ0n) is 20.4. The van der Waals surface area contributed by atoms with E-state index in [1.54, 1.807) is 11.8 Å². The molecule has 0 bridgehead atoms. The molecule has 0 rings (SSSR count). The van der Waals surface area contributed by atoms with Crippen molar-refractivity contribution in [1.29, 1.82) is 0 Å². The molecule has 29 heavy (non-hydrogen) atoms. The summed E-state index contributed by atoms with van der Waals surface area (Å²) in [5.41, 5.74) is 0.640. The van der Waals surface area contributed by atoms with Crippen LogP contribution in [-0.4, -0.2) is 24.4 Å². The van der Waals surface area contributed by atoms with Crippen molar-refractivity contribution in [2.24, 2.45) is 0 Å². The summed E-state index contributed by atoms with van der Waals surface area (Å²) in [6.45, 7) is 8.67. The van der Waals surface area contributed by atoms with Crippen molar-refractivity contribution in [2.45, 2.75) is 142 Å². The minimum atomic E-state index is 0.0859. The number of likely N-dealkylation sites (N-methyl/N-ethyl adjacent to an activating group) is 1. The Bertz CT molecular complexity index is 377. The quantitative estimate of drug-likeness (QED) is 0.130. The minimum absolute atomic E-state index is 0.0859. The predicted octanol–water partition coefficient (Wildman–Crippen LogP) is 8.84. The van der Waals surface area contributed by atoms with Crippen molar-refractivity contribution < 1.29 is 4.79 Å². The molecule has 0 aromatic carbocycles. The number of nitrogens with zero attached hydrogens (tertiary/aromatic N) is 1. The molecule has 0 aromatic heterocycles. The number of hydrogen-bond acceptors (Lipinski definition) is 1. The van der Waals surface area contributed by atoms with Gasteiger partial charge in [0.05, 0.1) is 0 Å². The fourth-order valence-corrected chi connectivity index (χ4v) is 4.03. The SMILES string of the molecule is C=C(C)C(=O)N(C)CCCCCCCCCCCCCCCCCCCCCC. The highest BCUT2D eigenvalue weighted by Crippen LogP contribution is 2.15. The summed E-state index contributed by atoms with van der Waals surface area (Å²) in [5.74, 6) is 0.0859. The standard InChI is InChI=1S/C27H53NO/c1-5-6-7-8-9-10-11-12-13-14-15-16-17-18-19-20-21-22-23-24-25-28(4)27(29)26(2)3/h2,5-25H2,1,3-4H3. The topological polar surface area (TPSA) is 20.3 Å². The highest BCUT2D eigenvalue weighted by atomic mass is 16.2. The Hall–Kier alpha value is -0.790. The molecular weight excluding hydrogens is 354 g/mol. The minimum Gasteiger partial charge on any atom is -0.342 e. The van der Waals surface area contributed by atoms with Crippen molar-refractivity contribution >= 4 is 5.91 Å². The molecule has 1 amide bonds. The number of hydrogen-bond donors (Lipinski definition) is 0. The van der Waals surface area contributed by atoms with Gasteiger partial charge in [-0.05, 0) is 13.3 Å². The molecule has 0 aliphatic rings. The molecule has 0 saturated carbocycles. The van der Waals surface area contributed by atoms with Gasteiger partial charge in [-0.2, -0.15) is 0 Å². The first-order valence-corrected chi connectivity index (χ1v) is 13.0. The monoisotopic (exact) mass is 407 g/mol. The fraction of sp³-hybridized carbons (Fsp3) is 0.889. The maximum Gasteiger partial charge on any atom is 0.248 e. The van der Waals surface area contributed by atoms with E-state index in [9.17, 15) is 4.79 Å². The van der Waals surface area contributed by atoms with Crippen LogP contribution in [0, 0.1) is 0 Å². The van der Waals surface area contributed by atoms with Crippen LogP contribution in [0.15, 0.2) is 12.2 Å². The van der Waals surface area contributed by atoms with Gasteiger partial charge in [0.1, 0.15) is 0 Å². The lowest BCUT2D eigenvalue weighted by Crippen LogP contribution is -2.27. The number of amides is 1. The Morgan fingerprint density at radius 1 is 0.586 bits per heavy atom. The highest BCUT2D eigenvalue weighted by molar-refractivity contribution is 5.91. The lowest BCUT2D eigenvalue weighted by atomic mass is 10.0. The van der Waals surface area contributed by atoms with Gasteiger partial charge in [-0.15, -0.1) is 0 Å². The van der Waals surface area contributed by atoms with Gasteiger partial charge in [-0.3, -0.25) is 4.79 Å². The second kappa shape index (κ2) is 21.9. The van der Waals surface area contributed by atoms with E-state index in [4.69, 9.17) is 0 Å². The Labute approximate surface area is 183 Å². The average molecular weight is 408 g/mol. The van der Waals surface area contributed by atoms with Gasteiger partial charge >= 0.3 is 0 Å². The molecule has 2 heteroatoms. The summed E-state index contributed by atoms with van der Waals surface area (Å²) in [6.07, 6.45) is 28.1. The zero-order chi connectivity index (χ0) is 21.6. The molecule has 0 saturated heterocycles. The fourth-order valence-electron chi connectivity index (χ4n) is 4.03. The van der Waals surface area contributed by atoms with Crippen molar-refractivity contribution in [1.82, 2.24) is 4.90 Å². The zero-order valence-corrected chi connectivity index (χ0v) is 20.4. The Kier molecular flexibility index (Phi) is 21.3. The third kappa shape index (κ3) is 20.3. The van der Waals surface area contributed by atoms with Crippen LogP contribution in [0.5, 0.6) is 0 Å². The van der Waals surface area contributed by atoms with Crippen LogP contribution < -0.4 is 0 Å². The van der Waals surface area contributed by atoms with Gasteiger partial charge in [0.25, 0.3) is 0 Å². The molecule has 0 aliphatic heterocycles. The van der Waals surface area contributed by atoms with Crippen molar-refractivity contribution in [2.75, 3.05) is 13.6 Å². The Balaban J connectivity index is 3.14. The molecule has 0 aliphatic carbocycles. The van der Waals surface area contributed by atoms with Gasteiger partial charge in [-0.25, -0.2) is 0 Å². The molecular formula is C27H53NO. The van der Waals surface area contributed by atoms with Crippen LogP contribution in [-0.2, 0) is 4.79 Å². The van der Waals surface area contributed by atoms with Crippen LogP contribution in [0.2, 0.25) is 0 Å². The maximum atomic E-state index is 11.7. The summed E-state index contributed by atoms with van der Waals surface area (Å²) in [6, 6.07) is 0. The van der Waals surface area contributed by atoms with Crippen molar-refractivity contribution in [3.05, 3.63) is 12.2 Å². The normalized spacial score (nSPS) is 11.0. The van der Waals surface area contributed by atoms with Crippen LogP contribution in [0.4, 0.5) is 0 Å². The second-order valence-electron chi connectivity index (χ2n) is 9.22. The first-order valence-electron chi connectivity index (χ1n) is 13.0. The van der Waals surface area contributed by atoms with Crippen molar-refractivity contribution in [3.8, 4) is 0 Å². The summed E-state index contributed by atoms with van der Waals surface area (Å²) in [5, 5.41) is 0. The van der Waals surface area contributed by atoms with E-state index < -0.39 is 0 Å². The van der Waals surface area contributed by atoms with Gasteiger partial charge in [-0.1, -0.05) is 135 Å². The predicted molar refractivity (Wildman–Crippen MR) is 130 cm³/mol. The Morgan fingerprint density at radius 2 is 0.862 bits per heavy atom. The van der Waals surface area contributed by atoms with E-state index >= 15 is 0 Å². The molecule has 0 heterocycles. The smallest absolute Gasteiger partial charge is 0.248 e. The van der Waals surface area contributed by atoms with Crippen LogP contribution >= 0.6 is 0 Å². The maximum absolute atomic E-state index is 11.7. The van der Waals surface area contributed by atoms with Crippen LogP contribution in [0.25, 0.3) is 0 Å². The summed E-state index contributed by atoms with van der Waals surface area (Å²) in [4.78, 5) is 13.5. The van der Waals surface area contributed by atoms with Crippen molar-refractivity contribution in [3.63, 3.8) is 0 Å². The van der Waals surface area contributed by atoms with Gasteiger partial charge in [0.2, 0.25) is 5.91 Å². The van der Waals surface area contributed by atoms with Crippen LogP contribution in [0.1, 0.15) is 142 Å². The lowest BCUT2D eigenvalue weighted by molar-refractivity contribution is -0.125. The van der Waals surface area contributed by atoms with E-state index in [0.717, 1.165) is 13.0 Å². The van der Waals surface area contributed by atoms with E-state index in [1.807, 2.05) is 7.05 Å². The first-order chi connectivity index (χ1) is 14.1. The summed E-state index contributed by atoms with van der Waals surface area (Å²) in [7, 11) is 1.88. The van der Waals surface area contributed by atoms with E-state index in [-0.39, 0.29) is 5.91 Å². The molecule has 172 valence electrons. The van der Waals surface area contributed by atoms with Gasteiger partial charge < -0.3 is 4.90 Å². The summed E-state index contributed by atoms with van der Waals surface area (Å²) >= 11 is 0. The van der Waals surface area contributed by atoms with E-state index in [1.165, 1.54) is 122 Å². The Morgan fingerprint density at radius 3 is 1.14 bits per heavy atom. The van der Waals surface area contributed by atoms with E-state index in [0.29, 0.717) is 5.57 Å². The molecule has 0 unspecified atom stereocenters. The lowest BCUT2D eigenvalue weighted by Gasteiger charge is -2.16.